The monoisotopic (exact) mass is 403 g/mol. The fourth-order valence-corrected chi connectivity index (χ4v) is 3.86. The average Bonchev–Trinajstić information content (AvgIpc) is 3.35. The molecule has 4 rings (SSSR count). The van der Waals surface area contributed by atoms with Gasteiger partial charge < -0.3 is 10.2 Å². The van der Waals surface area contributed by atoms with Crippen molar-refractivity contribution in [2.75, 3.05) is 13.1 Å². The van der Waals surface area contributed by atoms with Gasteiger partial charge >= 0.3 is 0 Å². The molecule has 1 aromatic heterocycles. The second kappa shape index (κ2) is 9.35. The molecule has 1 N–H and O–H groups in total. The summed E-state index contributed by atoms with van der Waals surface area (Å²) in [6, 6.07) is 18.6. The Hall–Kier alpha value is -3.48. The number of carbonyl (C=O) groups excluding carboxylic acids is 2. The lowest BCUT2D eigenvalue weighted by Gasteiger charge is -2.33. The molecule has 1 aliphatic heterocycles. The highest BCUT2D eigenvalue weighted by molar-refractivity contribution is 5.94. The minimum Gasteiger partial charge on any atom is -0.345 e. The summed E-state index contributed by atoms with van der Waals surface area (Å²) in [5.74, 6) is -0.128. The maximum atomic E-state index is 13.0. The Labute approximate surface area is 175 Å². The molecule has 7 nitrogen and oxygen atoms in total. The van der Waals surface area contributed by atoms with Crippen LogP contribution in [0.4, 0.5) is 0 Å². The van der Waals surface area contributed by atoms with E-state index in [1.54, 1.807) is 18.3 Å². The number of amides is 2. The Bertz CT molecular complexity index is 952. The normalized spacial score (nSPS) is 15.5. The predicted molar refractivity (Wildman–Crippen MR) is 113 cm³/mol. The molecule has 0 spiro atoms. The quantitative estimate of drug-likeness (QED) is 0.686. The standard InChI is InChI=1S/C23H25N5O2/c29-22(27-14-11-20(12-15-27)28-16-13-24-26-28)17-21(18-7-3-1-4-8-18)25-23(30)19-9-5-2-6-10-19/h1-10,13,16,20-21H,11-12,14-15,17H2,(H,25,30)/t21-/m1/s1. The lowest BCUT2D eigenvalue weighted by molar-refractivity contribution is -0.133. The molecule has 154 valence electrons. The maximum Gasteiger partial charge on any atom is 0.251 e. The average molecular weight is 403 g/mol. The SMILES string of the molecule is O=C(N[C@H](CC(=O)N1CCC(n2ccnn2)CC1)c1ccccc1)c1ccccc1. The molecule has 2 amide bonds. The van der Waals surface area contributed by atoms with E-state index in [-0.39, 0.29) is 30.3 Å². The number of piperidine rings is 1. The summed E-state index contributed by atoms with van der Waals surface area (Å²) in [6.45, 7) is 1.36. The smallest absolute Gasteiger partial charge is 0.251 e. The third kappa shape index (κ3) is 4.74. The summed E-state index contributed by atoms with van der Waals surface area (Å²) in [5.41, 5.74) is 1.51. The first-order valence-electron chi connectivity index (χ1n) is 10.2. The number of nitrogens with one attached hydrogen (secondary N) is 1. The second-order valence-electron chi connectivity index (χ2n) is 7.50. The van der Waals surface area contributed by atoms with Crippen molar-refractivity contribution < 1.29 is 9.59 Å². The number of hydrogen-bond acceptors (Lipinski definition) is 4. The molecule has 1 fully saturated rings. The third-order valence-corrected chi connectivity index (χ3v) is 5.55. The molecular formula is C23H25N5O2. The Kier molecular flexibility index (Phi) is 6.17. The maximum absolute atomic E-state index is 13.0. The summed E-state index contributed by atoms with van der Waals surface area (Å²) >= 11 is 0. The Morgan fingerprint density at radius 1 is 1.00 bits per heavy atom. The highest BCUT2D eigenvalue weighted by Crippen LogP contribution is 2.24. The van der Waals surface area contributed by atoms with E-state index in [4.69, 9.17) is 0 Å². The molecule has 0 saturated carbocycles. The second-order valence-corrected chi connectivity index (χ2v) is 7.50. The zero-order valence-corrected chi connectivity index (χ0v) is 16.7. The number of aromatic nitrogens is 3. The highest BCUT2D eigenvalue weighted by atomic mass is 16.2. The van der Waals surface area contributed by atoms with Gasteiger partial charge in [0.1, 0.15) is 0 Å². The Balaban J connectivity index is 1.41. The van der Waals surface area contributed by atoms with Crippen LogP contribution in [0.15, 0.2) is 73.1 Å². The zero-order chi connectivity index (χ0) is 20.8. The first kappa shape index (κ1) is 19.8. The van der Waals surface area contributed by atoms with Gasteiger partial charge in [0.05, 0.1) is 24.7 Å². The van der Waals surface area contributed by atoms with E-state index in [1.807, 2.05) is 64.3 Å². The predicted octanol–water partition coefficient (Wildman–Crippen LogP) is 3.00. The van der Waals surface area contributed by atoms with E-state index in [0.29, 0.717) is 18.7 Å². The number of benzene rings is 2. The fourth-order valence-electron chi connectivity index (χ4n) is 3.86. The van der Waals surface area contributed by atoms with Gasteiger partial charge in [0.25, 0.3) is 5.91 Å². The minimum atomic E-state index is -0.376. The van der Waals surface area contributed by atoms with Gasteiger partial charge in [-0.05, 0) is 30.5 Å². The van der Waals surface area contributed by atoms with Crippen molar-refractivity contribution in [3.8, 4) is 0 Å². The lowest BCUT2D eigenvalue weighted by atomic mass is 10.0. The lowest BCUT2D eigenvalue weighted by Crippen LogP contribution is -2.41. The summed E-state index contributed by atoms with van der Waals surface area (Å²) < 4.78 is 1.87. The van der Waals surface area contributed by atoms with Crippen LogP contribution in [0.3, 0.4) is 0 Å². The molecule has 0 aliphatic carbocycles. The van der Waals surface area contributed by atoms with Gasteiger partial charge in [0, 0.05) is 24.8 Å². The summed E-state index contributed by atoms with van der Waals surface area (Å²) in [7, 11) is 0. The largest absolute Gasteiger partial charge is 0.345 e. The van der Waals surface area contributed by atoms with Crippen molar-refractivity contribution >= 4 is 11.8 Å². The molecule has 0 radical (unpaired) electrons. The molecule has 1 aliphatic rings. The van der Waals surface area contributed by atoms with Crippen molar-refractivity contribution in [1.29, 1.82) is 0 Å². The van der Waals surface area contributed by atoms with Gasteiger partial charge in [-0.3, -0.25) is 9.59 Å². The molecule has 2 aromatic carbocycles. The van der Waals surface area contributed by atoms with Gasteiger partial charge in [-0.2, -0.15) is 0 Å². The van der Waals surface area contributed by atoms with E-state index in [9.17, 15) is 9.59 Å². The van der Waals surface area contributed by atoms with Crippen LogP contribution in [0.5, 0.6) is 0 Å². The minimum absolute atomic E-state index is 0.0502. The number of rotatable bonds is 6. The van der Waals surface area contributed by atoms with Gasteiger partial charge in [0.2, 0.25) is 5.91 Å². The van der Waals surface area contributed by atoms with Gasteiger partial charge in [0.15, 0.2) is 0 Å². The summed E-state index contributed by atoms with van der Waals surface area (Å²) in [6.07, 6.45) is 5.48. The molecular weight excluding hydrogens is 378 g/mol. The first-order valence-corrected chi connectivity index (χ1v) is 10.2. The van der Waals surface area contributed by atoms with E-state index in [1.165, 1.54) is 0 Å². The van der Waals surface area contributed by atoms with E-state index in [2.05, 4.69) is 15.6 Å². The molecule has 30 heavy (non-hydrogen) atoms. The molecule has 2 heterocycles. The van der Waals surface area contributed by atoms with E-state index in [0.717, 1.165) is 18.4 Å². The van der Waals surface area contributed by atoms with Crippen LogP contribution in [-0.2, 0) is 4.79 Å². The van der Waals surface area contributed by atoms with Crippen LogP contribution in [-0.4, -0.2) is 44.8 Å². The third-order valence-electron chi connectivity index (χ3n) is 5.55. The van der Waals surface area contributed by atoms with Crippen molar-refractivity contribution in [2.24, 2.45) is 0 Å². The van der Waals surface area contributed by atoms with Crippen molar-refractivity contribution in [3.05, 3.63) is 84.2 Å². The fraction of sp³-hybridized carbons (Fsp3) is 0.304. The molecule has 3 aromatic rings. The van der Waals surface area contributed by atoms with E-state index < -0.39 is 0 Å². The van der Waals surface area contributed by atoms with E-state index >= 15 is 0 Å². The van der Waals surface area contributed by atoms with Gasteiger partial charge in [-0.25, -0.2) is 4.68 Å². The number of nitrogens with zero attached hydrogens (tertiary/aromatic N) is 4. The topological polar surface area (TPSA) is 80.1 Å². The van der Waals surface area contributed by atoms with Crippen molar-refractivity contribution in [3.63, 3.8) is 0 Å². The van der Waals surface area contributed by atoms with Crippen LogP contribution < -0.4 is 5.32 Å². The van der Waals surface area contributed by atoms with Crippen LogP contribution in [0.1, 0.15) is 47.3 Å². The zero-order valence-electron chi connectivity index (χ0n) is 16.7. The van der Waals surface area contributed by atoms with Gasteiger partial charge in [-0.15, -0.1) is 5.10 Å². The van der Waals surface area contributed by atoms with Crippen LogP contribution in [0.25, 0.3) is 0 Å². The molecule has 1 atom stereocenters. The first-order chi connectivity index (χ1) is 14.7. The Morgan fingerprint density at radius 2 is 1.67 bits per heavy atom. The van der Waals surface area contributed by atoms with Gasteiger partial charge in [-0.1, -0.05) is 53.7 Å². The highest BCUT2D eigenvalue weighted by Gasteiger charge is 2.27. The van der Waals surface area contributed by atoms with Crippen LogP contribution in [0.2, 0.25) is 0 Å². The molecule has 7 heteroatoms. The number of carbonyl (C=O) groups is 2. The van der Waals surface area contributed by atoms with Crippen molar-refractivity contribution in [2.45, 2.75) is 31.3 Å². The number of likely N-dealkylation sites (tertiary alicyclic amines) is 1. The summed E-state index contributed by atoms with van der Waals surface area (Å²) in [4.78, 5) is 27.6. The van der Waals surface area contributed by atoms with Crippen molar-refractivity contribution in [1.82, 2.24) is 25.2 Å². The number of hydrogen-bond donors (Lipinski definition) is 1. The molecule has 1 saturated heterocycles. The summed E-state index contributed by atoms with van der Waals surface area (Å²) in [5, 5.41) is 11.0. The van der Waals surface area contributed by atoms with Crippen LogP contribution in [0, 0.1) is 0 Å². The van der Waals surface area contributed by atoms with Crippen LogP contribution >= 0.6 is 0 Å². The molecule has 0 bridgehead atoms. The Morgan fingerprint density at radius 3 is 2.30 bits per heavy atom. The molecule has 0 unspecified atom stereocenters.